The highest BCUT2D eigenvalue weighted by Gasteiger charge is 2.33. The van der Waals surface area contributed by atoms with E-state index >= 15 is 0 Å². The van der Waals surface area contributed by atoms with Gasteiger partial charge in [0, 0.05) is 37.3 Å². The molecule has 0 aliphatic carbocycles. The molecular weight excluding hydrogens is 459 g/mol. The molecule has 1 saturated heterocycles. The lowest BCUT2D eigenvalue weighted by Crippen LogP contribution is -2.45. The van der Waals surface area contributed by atoms with E-state index in [1.54, 1.807) is 11.9 Å². The van der Waals surface area contributed by atoms with Crippen LogP contribution >= 0.6 is 0 Å². The van der Waals surface area contributed by atoms with Gasteiger partial charge >= 0.3 is 12.8 Å². The second-order valence-corrected chi connectivity index (χ2v) is 7.74. The zero-order valence-electron chi connectivity index (χ0n) is 17.1. The fraction of sp³-hybridized carbons (Fsp3) is 0.400. The van der Waals surface area contributed by atoms with Gasteiger partial charge in [-0.2, -0.15) is 22.0 Å². The Kier molecular flexibility index (Phi) is 6.08. The van der Waals surface area contributed by atoms with Crippen LogP contribution in [-0.4, -0.2) is 58.5 Å². The molecule has 2 aromatic heterocycles. The summed E-state index contributed by atoms with van der Waals surface area (Å²) in [7, 11) is 1.75. The first kappa shape index (κ1) is 23.1. The highest BCUT2D eigenvalue weighted by molar-refractivity contribution is 5.82. The summed E-state index contributed by atoms with van der Waals surface area (Å²) in [6, 6.07) is 2.62. The Hall–Kier alpha value is -3.09. The number of nitrogens with zero attached hydrogens (tertiary/aromatic N) is 4. The van der Waals surface area contributed by atoms with Crippen LogP contribution in [-0.2, 0) is 6.18 Å². The van der Waals surface area contributed by atoms with Gasteiger partial charge in [0.1, 0.15) is 23.1 Å². The third kappa shape index (κ3) is 4.82. The highest BCUT2D eigenvalue weighted by atomic mass is 19.4. The number of benzene rings is 1. The maximum Gasteiger partial charge on any atom is 0.416 e. The van der Waals surface area contributed by atoms with E-state index < -0.39 is 36.1 Å². The molecule has 13 heteroatoms. The summed E-state index contributed by atoms with van der Waals surface area (Å²) in [6.07, 6.45) is -4.41. The van der Waals surface area contributed by atoms with Gasteiger partial charge in [0.15, 0.2) is 5.82 Å². The first-order valence-electron chi connectivity index (χ1n) is 9.81. The number of fused-ring (bicyclic) bond motifs is 1. The number of aromatic nitrogens is 3. The van der Waals surface area contributed by atoms with Gasteiger partial charge in [0.05, 0.1) is 5.56 Å². The second-order valence-electron chi connectivity index (χ2n) is 7.74. The molecule has 3 aromatic rings. The van der Waals surface area contributed by atoms with Gasteiger partial charge in [-0.05, 0) is 31.3 Å². The maximum atomic E-state index is 14.7. The van der Waals surface area contributed by atoms with Crippen molar-refractivity contribution in [3.63, 3.8) is 0 Å². The number of halogens is 7. The first-order chi connectivity index (χ1) is 15.5. The molecular formula is C20H18F7N5O. The standard InChI is InChI=1S/C20H18F7N5O/c1-31-8-11(21)7-12(9-31)28-19-30-29-16(17-14(22)4-5-32(17)19)13-3-2-10(20(25,26)27)6-15(13)33-18(23)24/h2-6,11-12,18H,7-9H2,1H3,(H,28,30)/t11-,12-/m1/s1. The minimum atomic E-state index is -4.81. The molecule has 178 valence electrons. The molecule has 6 nitrogen and oxygen atoms in total. The van der Waals surface area contributed by atoms with Crippen LogP contribution in [0, 0.1) is 5.82 Å². The van der Waals surface area contributed by atoms with Crippen molar-refractivity contribution in [3.8, 4) is 17.0 Å². The van der Waals surface area contributed by atoms with Gasteiger partial charge in [-0.1, -0.05) is 0 Å². The Balaban J connectivity index is 1.78. The van der Waals surface area contributed by atoms with E-state index in [0.717, 1.165) is 12.1 Å². The van der Waals surface area contributed by atoms with Crippen LogP contribution in [0.15, 0.2) is 30.5 Å². The van der Waals surface area contributed by atoms with Gasteiger partial charge in [-0.25, -0.2) is 8.78 Å². The molecule has 1 aliphatic rings. The molecule has 0 bridgehead atoms. The molecule has 2 atom stereocenters. The lowest BCUT2D eigenvalue weighted by atomic mass is 10.1. The van der Waals surface area contributed by atoms with Gasteiger partial charge < -0.3 is 15.0 Å². The van der Waals surface area contributed by atoms with Gasteiger partial charge in [-0.15, -0.1) is 10.2 Å². The number of ether oxygens (including phenoxy) is 1. The average molecular weight is 477 g/mol. The largest absolute Gasteiger partial charge is 0.434 e. The number of alkyl halides is 6. The van der Waals surface area contributed by atoms with Crippen molar-refractivity contribution in [1.82, 2.24) is 19.5 Å². The predicted octanol–water partition coefficient (Wildman–Crippen LogP) is 4.61. The number of hydrogen-bond donors (Lipinski definition) is 1. The molecule has 0 saturated carbocycles. The quantitative estimate of drug-likeness (QED) is 0.544. The van der Waals surface area contributed by atoms with Crippen LogP contribution in [0.3, 0.4) is 0 Å². The second kappa shape index (κ2) is 8.69. The normalized spacial score (nSPS) is 19.9. The van der Waals surface area contributed by atoms with E-state index in [9.17, 15) is 30.7 Å². The van der Waals surface area contributed by atoms with Crippen LogP contribution in [0.25, 0.3) is 16.8 Å². The summed E-state index contributed by atoms with van der Waals surface area (Å²) in [5.41, 5.74) is -2.03. The van der Waals surface area contributed by atoms with Crippen LogP contribution in [0.1, 0.15) is 12.0 Å². The average Bonchev–Trinajstić information content (AvgIpc) is 3.09. The van der Waals surface area contributed by atoms with E-state index in [1.165, 1.54) is 10.6 Å². The monoisotopic (exact) mass is 477 g/mol. The number of likely N-dealkylation sites (N-methyl/N-ethyl adjacent to an activating group) is 1. The first-order valence-corrected chi connectivity index (χ1v) is 9.81. The van der Waals surface area contributed by atoms with Crippen LogP contribution in [0.5, 0.6) is 5.75 Å². The van der Waals surface area contributed by atoms with Crippen molar-refractivity contribution in [1.29, 1.82) is 0 Å². The number of rotatable bonds is 5. The summed E-state index contributed by atoms with van der Waals surface area (Å²) in [5.74, 6) is -1.57. The number of anilines is 1. The Bertz CT molecular complexity index is 1140. The zero-order chi connectivity index (χ0) is 23.9. The van der Waals surface area contributed by atoms with Gasteiger partial charge in [0.2, 0.25) is 5.95 Å². The number of nitrogens with one attached hydrogen (secondary N) is 1. The minimum absolute atomic E-state index is 0.0633. The van der Waals surface area contributed by atoms with Crippen LogP contribution in [0.4, 0.5) is 36.7 Å². The van der Waals surface area contributed by atoms with E-state index in [4.69, 9.17) is 0 Å². The molecule has 0 unspecified atom stereocenters. The third-order valence-corrected chi connectivity index (χ3v) is 5.23. The van der Waals surface area contributed by atoms with Gasteiger partial charge in [0.25, 0.3) is 0 Å². The Morgan fingerprint density at radius 2 is 1.91 bits per heavy atom. The van der Waals surface area contributed by atoms with E-state index in [2.05, 4.69) is 20.3 Å². The lowest BCUT2D eigenvalue weighted by Gasteiger charge is -2.32. The minimum Gasteiger partial charge on any atom is -0.434 e. The van der Waals surface area contributed by atoms with Crippen molar-refractivity contribution in [3.05, 3.63) is 41.8 Å². The van der Waals surface area contributed by atoms with E-state index in [1.807, 2.05) is 0 Å². The Labute approximate surface area is 183 Å². The molecule has 1 fully saturated rings. The number of hydrogen-bond acceptors (Lipinski definition) is 5. The Morgan fingerprint density at radius 3 is 2.58 bits per heavy atom. The van der Waals surface area contributed by atoms with Crippen LogP contribution < -0.4 is 10.1 Å². The van der Waals surface area contributed by atoms with Crippen molar-refractivity contribution < 1.29 is 35.5 Å². The van der Waals surface area contributed by atoms with Crippen molar-refractivity contribution in [2.24, 2.45) is 0 Å². The predicted molar refractivity (Wildman–Crippen MR) is 104 cm³/mol. The molecule has 0 amide bonds. The fourth-order valence-corrected chi connectivity index (χ4v) is 3.91. The zero-order valence-corrected chi connectivity index (χ0v) is 17.1. The van der Waals surface area contributed by atoms with E-state index in [-0.39, 0.29) is 41.7 Å². The van der Waals surface area contributed by atoms with Crippen LogP contribution in [0.2, 0.25) is 0 Å². The number of likely N-dealkylation sites (tertiary alicyclic amines) is 1. The topological polar surface area (TPSA) is 54.7 Å². The van der Waals surface area contributed by atoms with Gasteiger partial charge in [-0.3, -0.25) is 4.40 Å². The summed E-state index contributed by atoms with van der Waals surface area (Å²) >= 11 is 0. The fourth-order valence-electron chi connectivity index (χ4n) is 3.91. The number of piperidine rings is 1. The molecule has 33 heavy (non-hydrogen) atoms. The highest BCUT2D eigenvalue weighted by Crippen LogP contribution is 2.39. The third-order valence-electron chi connectivity index (χ3n) is 5.23. The molecule has 1 N–H and O–H groups in total. The molecule has 1 aromatic carbocycles. The molecule has 3 heterocycles. The molecule has 0 spiro atoms. The molecule has 1 aliphatic heterocycles. The van der Waals surface area contributed by atoms with E-state index in [0.29, 0.717) is 18.7 Å². The maximum absolute atomic E-state index is 14.7. The lowest BCUT2D eigenvalue weighted by molar-refractivity contribution is -0.138. The summed E-state index contributed by atoms with van der Waals surface area (Å²) in [4.78, 5) is 1.78. The SMILES string of the molecule is CN1C[C@H](F)C[C@@H](Nc2nnc(-c3ccc(C(F)(F)F)cc3OC(F)F)c3c(F)ccn23)C1. The summed E-state index contributed by atoms with van der Waals surface area (Å²) in [5, 5.41) is 10.8. The molecule has 0 radical (unpaired) electrons. The smallest absolute Gasteiger partial charge is 0.416 e. The van der Waals surface area contributed by atoms with Crippen molar-refractivity contribution in [2.75, 3.05) is 25.5 Å². The summed E-state index contributed by atoms with van der Waals surface area (Å²) < 4.78 is 99.1. The molecule has 4 rings (SSSR count). The van der Waals surface area contributed by atoms with Crippen molar-refractivity contribution in [2.45, 2.75) is 31.4 Å². The Morgan fingerprint density at radius 1 is 1.15 bits per heavy atom. The van der Waals surface area contributed by atoms with Crippen molar-refractivity contribution >= 4 is 11.5 Å². The summed E-state index contributed by atoms with van der Waals surface area (Å²) in [6.45, 7) is -2.66.